The van der Waals surface area contributed by atoms with Gasteiger partial charge in [0.2, 0.25) is 0 Å². The van der Waals surface area contributed by atoms with Gasteiger partial charge in [0.15, 0.2) is 0 Å². The van der Waals surface area contributed by atoms with E-state index in [9.17, 15) is 22.8 Å². The molecule has 2 aromatic rings. The molecule has 0 atom stereocenters. The zero-order valence-electron chi connectivity index (χ0n) is 9.16. The van der Waals surface area contributed by atoms with Crippen LogP contribution in [0.25, 0.3) is 5.69 Å². The van der Waals surface area contributed by atoms with Gasteiger partial charge in [-0.05, 0) is 24.3 Å². The van der Waals surface area contributed by atoms with Gasteiger partial charge in [-0.1, -0.05) is 15.9 Å². The number of rotatable bonds is 1. The van der Waals surface area contributed by atoms with Crippen molar-refractivity contribution >= 4 is 15.9 Å². The van der Waals surface area contributed by atoms with Crippen molar-refractivity contribution in [2.24, 2.45) is 0 Å². The van der Waals surface area contributed by atoms with Crippen LogP contribution in [0.5, 0.6) is 0 Å². The highest BCUT2D eigenvalue weighted by Gasteiger charge is 2.33. The first kappa shape index (κ1) is 13.6. The highest BCUT2D eigenvalue weighted by Crippen LogP contribution is 2.25. The van der Waals surface area contributed by atoms with Crippen molar-refractivity contribution < 1.29 is 13.2 Å². The van der Waals surface area contributed by atoms with E-state index in [1.54, 1.807) is 17.1 Å². The summed E-state index contributed by atoms with van der Waals surface area (Å²) in [7, 11) is 0. The standard InChI is InChI=1S/C11H6BrF3N2O2/c12-6-1-3-7(4-2-6)17-9(18)5-8(11(13,14)15)16-10(17)19/h1-5H,(H,16,19). The van der Waals surface area contributed by atoms with Gasteiger partial charge in [0.1, 0.15) is 5.69 Å². The van der Waals surface area contributed by atoms with Crippen LogP contribution in [0.4, 0.5) is 13.2 Å². The van der Waals surface area contributed by atoms with Gasteiger partial charge in [0, 0.05) is 10.5 Å². The third-order valence-electron chi connectivity index (χ3n) is 2.32. The molecule has 0 aliphatic rings. The summed E-state index contributed by atoms with van der Waals surface area (Å²) in [4.78, 5) is 24.9. The van der Waals surface area contributed by atoms with E-state index >= 15 is 0 Å². The van der Waals surface area contributed by atoms with Gasteiger partial charge >= 0.3 is 11.9 Å². The monoisotopic (exact) mass is 334 g/mol. The van der Waals surface area contributed by atoms with Crippen LogP contribution in [0.3, 0.4) is 0 Å². The summed E-state index contributed by atoms with van der Waals surface area (Å²) in [6, 6.07) is 6.36. The normalized spacial score (nSPS) is 11.6. The molecule has 0 amide bonds. The van der Waals surface area contributed by atoms with Crippen molar-refractivity contribution in [3.63, 3.8) is 0 Å². The number of benzene rings is 1. The van der Waals surface area contributed by atoms with Crippen molar-refractivity contribution in [3.05, 3.63) is 61.3 Å². The molecule has 1 N–H and O–H groups in total. The topological polar surface area (TPSA) is 54.9 Å². The van der Waals surface area contributed by atoms with Crippen LogP contribution in [0, 0.1) is 0 Å². The van der Waals surface area contributed by atoms with E-state index in [0.29, 0.717) is 15.1 Å². The Hall–Kier alpha value is -1.83. The zero-order valence-corrected chi connectivity index (χ0v) is 10.7. The average molecular weight is 335 g/mol. The van der Waals surface area contributed by atoms with Gasteiger partial charge < -0.3 is 4.98 Å². The second-order valence-corrected chi connectivity index (χ2v) is 4.55. The van der Waals surface area contributed by atoms with Crippen molar-refractivity contribution in [3.8, 4) is 5.69 Å². The first-order valence-electron chi connectivity index (χ1n) is 4.98. The summed E-state index contributed by atoms with van der Waals surface area (Å²) in [5, 5.41) is 0. The van der Waals surface area contributed by atoms with E-state index < -0.39 is 23.1 Å². The Morgan fingerprint density at radius 2 is 1.68 bits per heavy atom. The van der Waals surface area contributed by atoms with E-state index in [0.717, 1.165) is 0 Å². The fourth-order valence-electron chi connectivity index (χ4n) is 1.48. The molecule has 0 radical (unpaired) electrons. The van der Waals surface area contributed by atoms with Gasteiger partial charge in [-0.3, -0.25) is 4.79 Å². The third-order valence-corrected chi connectivity index (χ3v) is 2.85. The minimum atomic E-state index is -4.77. The minimum Gasteiger partial charge on any atom is -0.303 e. The number of aromatic nitrogens is 2. The van der Waals surface area contributed by atoms with Gasteiger partial charge in [-0.2, -0.15) is 13.2 Å². The van der Waals surface area contributed by atoms with Crippen LogP contribution in [0.15, 0.2) is 44.4 Å². The number of alkyl halides is 3. The van der Waals surface area contributed by atoms with Crippen LogP contribution < -0.4 is 11.2 Å². The molecule has 1 aromatic heterocycles. The molecule has 100 valence electrons. The lowest BCUT2D eigenvalue weighted by Gasteiger charge is -2.08. The predicted octanol–water partition coefficient (Wildman–Crippen LogP) is 2.31. The molecular formula is C11H6BrF3N2O2. The Bertz CT molecular complexity index is 685. The number of hydrogen-bond donors (Lipinski definition) is 1. The number of hydrogen-bond acceptors (Lipinski definition) is 2. The predicted molar refractivity (Wildman–Crippen MR) is 65.4 cm³/mol. The molecule has 1 aromatic carbocycles. The lowest BCUT2D eigenvalue weighted by molar-refractivity contribution is -0.141. The molecule has 0 saturated carbocycles. The molecule has 0 bridgehead atoms. The van der Waals surface area contributed by atoms with E-state index in [-0.39, 0.29) is 5.69 Å². The summed E-state index contributed by atoms with van der Waals surface area (Å²) >= 11 is 3.17. The minimum absolute atomic E-state index is 0.183. The van der Waals surface area contributed by atoms with Crippen molar-refractivity contribution in [1.82, 2.24) is 9.55 Å². The quantitative estimate of drug-likeness (QED) is 0.870. The van der Waals surface area contributed by atoms with E-state index in [1.165, 1.54) is 12.1 Å². The van der Waals surface area contributed by atoms with Gasteiger partial charge in [0.25, 0.3) is 5.56 Å². The molecular weight excluding hydrogens is 329 g/mol. The zero-order chi connectivity index (χ0) is 14.2. The Balaban J connectivity index is 2.64. The summed E-state index contributed by atoms with van der Waals surface area (Å²) in [6.07, 6.45) is -4.77. The summed E-state index contributed by atoms with van der Waals surface area (Å²) in [5.41, 5.74) is -3.36. The van der Waals surface area contributed by atoms with Crippen molar-refractivity contribution in [1.29, 1.82) is 0 Å². The molecule has 0 aliphatic heterocycles. The molecule has 0 unspecified atom stereocenters. The molecule has 0 fully saturated rings. The average Bonchev–Trinajstić information content (AvgIpc) is 2.29. The second-order valence-electron chi connectivity index (χ2n) is 3.64. The number of halogens is 4. The smallest absolute Gasteiger partial charge is 0.303 e. The fourth-order valence-corrected chi connectivity index (χ4v) is 1.75. The van der Waals surface area contributed by atoms with E-state index in [4.69, 9.17) is 0 Å². The molecule has 4 nitrogen and oxygen atoms in total. The number of nitrogens with zero attached hydrogens (tertiary/aromatic N) is 1. The Morgan fingerprint density at radius 3 is 2.16 bits per heavy atom. The fraction of sp³-hybridized carbons (Fsp3) is 0.0909. The van der Waals surface area contributed by atoms with E-state index in [1.807, 2.05) is 0 Å². The molecule has 0 spiro atoms. The second kappa shape index (κ2) is 4.69. The van der Waals surface area contributed by atoms with Crippen molar-refractivity contribution in [2.75, 3.05) is 0 Å². The number of aromatic amines is 1. The van der Waals surface area contributed by atoms with Gasteiger partial charge in [-0.25, -0.2) is 9.36 Å². The number of nitrogens with one attached hydrogen (secondary N) is 1. The summed E-state index contributed by atoms with van der Waals surface area (Å²) < 4.78 is 38.6. The van der Waals surface area contributed by atoms with Crippen LogP contribution in [0.2, 0.25) is 0 Å². The Kier molecular flexibility index (Phi) is 3.36. The summed E-state index contributed by atoms with van der Waals surface area (Å²) in [5.74, 6) is 0. The Morgan fingerprint density at radius 1 is 1.11 bits per heavy atom. The highest BCUT2D eigenvalue weighted by molar-refractivity contribution is 9.10. The van der Waals surface area contributed by atoms with Gasteiger partial charge in [0.05, 0.1) is 5.69 Å². The first-order chi connectivity index (χ1) is 8.79. The molecule has 0 aliphatic carbocycles. The molecule has 1 heterocycles. The lowest BCUT2D eigenvalue weighted by atomic mass is 10.3. The van der Waals surface area contributed by atoms with Crippen molar-refractivity contribution in [2.45, 2.75) is 6.18 Å². The largest absolute Gasteiger partial charge is 0.431 e. The van der Waals surface area contributed by atoms with Crippen LogP contribution in [-0.4, -0.2) is 9.55 Å². The summed E-state index contributed by atoms with van der Waals surface area (Å²) in [6.45, 7) is 0. The highest BCUT2D eigenvalue weighted by atomic mass is 79.9. The number of H-pyrrole nitrogens is 1. The maximum absolute atomic E-state index is 12.4. The molecule has 8 heteroatoms. The van der Waals surface area contributed by atoms with Crippen LogP contribution in [-0.2, 0) is 6.18 Å². The third kappa shape index (κ3) is 2.78. The van der Waals surface area contributed by atoms with E-state index in [2.05, 4.69) is 15.9 Å². The molecule has 0 saturated heterocycles. The van der Waals surface area contributed by atoms with Gasteiger partial charge in [-0.15, -0.1) is 0 Å². The SMILES string of the molecule is O=c1cc(C(F)(F)F)[nH]c(=O)n1-c1ccc(Br)cc1. The maximum atomic E-state index is 12.4. The molecule has 2 rings (SSSR count). The lowest BCUT2D eigenvalue weighted by Crippen LogP contribution is -2.35. The maximum Gasteiger partial charge on any atom is 0.431 e. The Labute approximate surface area is 112 Å². The van der Waals surface area contributed by atoms with Crippen LogP contribution in [0.1, 0.15) is 5.69 Å². The first-order valence-corrected chi connectivity index (χ1v) is 5.78. The molecule has 19 heavy (non-hydrogen) atoms. The van der Waals surface area contributed by atoms with Crippen LogP contribution >= 0.6 is 15.9 Å².